The normalized spacial score (nSPS) is 23.3. The largest absolute Gasteiger partial charge is 0.491 e. The molecule has 0 radical (unpaired) electrons. The Labute approximate surface area is 149 Å². The summed E-state index contributed by atoms with van der Waals surface area (Å²) in [4.78, 5) is 4.75. The summed E-state index contributed by atoms with van der Waals surface area (Å²) in [7, 11) is 0. The molecule has 2 atom stereocenters. The predicted molar refractivity (Wildman–Crippen MR) is 94.5 cm³/mol. The number of aliphatic hydroxyl groups excluding tert-OH is 1. The standard InChI is InChI=1S/C19H27N3O3/c20-12-16-3-5-18(6-4-16)25-15-17(23)13-21-7-9-22(10-8-21)14-19-2-1-11-24-19/h3-6,17,19,23H,1-2,7-11,13-15H2. The summed E-state index contributed by atoms with van der Waals surface area (Å²) >= 11 is 0. The molecule has 0 aromatic heterocycles. The van der Waals surface area contributed by atoms with Crippen LogP contribution in [0.4, 0.5) is 0 Å². The third-order valence-corrected chi connectivity index (χ3v) is 4.85. The van der Waals surface area contributed by atoms with Crippen LogP contribution in [0.1, 0.15) is 18.4 Å². The number of benzene rings is 1. The Bertz CT molecular complexity index is 558. The number of rotatable bonds is 7. The van der Waals surface area contributed by atoms with Crippen LogP contribution in [-0.4, -0.2) is 79.6 Å². The zero-order valence-corrected chi connectivity index (χ0v) is 14.6. The monoisotopic (exact) mass is 345 g/mol. The van der Waals surface area contributed by atoms with Gasteiger partial charge in [-0.3, -0.25) is 9.80 Å². The van der Waals surface area contributed by atoms with Gasteiger partial charge in [-0.2, -0.15) is 5.26 Å². The van der Waals surface area contributed by atoms with E-state index < -0.39 is 6.10 Å². The maximum atomic E-state index is 10.2. The summed E-state index contributed by atoms with van der Waals surface area (Å²) in [6.45, 7) is 6.85. The predicted octanol–water partition coefficient (Wildman–Crippen LogP) is 1.09. The fourth-order valence-electron chi connectivity index (χ4n) is 3.40. The van der Waals surface area contributed by atoms with Crippen LogP contribution in [0.5, 0.6) is 5.75 Å². The van der Waals surface area contributed by atoms with Crippen molar-refractivity contribution in [1.29, 1.82) is 5.26 Å². The minimum atomic E-state index is -0.514. The summed E-state index contributed by atoms with van der Waals surface area (Å²) in [5.41, 5.74) is 0.605. The van der Waals surface area contributed by atoms with Gasteiger partial charge in [0, 0.05) is 45.9 Å². The highest BCUT2D eigenvalue weighted by Gasteiger charge is 2.23. The minimum absolute atomic E-state index is 0.266. The molecule has 6 heteroatoms. The van der Waals surface area contributed by atoms with Gasteiger partial charge in [0.25, 0.3) is 0 Å². The van der Waals surface area contributed by atoms with Gasteiger partial charge in [0.05, 0.1) is 17.7 Å². The fourth-order valence-corrected chi connectivity index (χ4v) is 3.40. The first-order chi connectivity index (χ1) is 12.2. The zero-order chi connectivity index (χ0) is 17.5. The van der Waals surface area contributed by atoms with Crippen molar-refractivity contribution in [1.82, 2.24) is 9.80 Å². The van der Waals surface area contributed by atoms with Crippen molar-refractivity contribution in [2.75, 3.05) is 52.5 Å². The quantitative estimate of drug-likeness (QED) is 0.798. The first-order valence-electron chi connectivity index (χ1n) is 9.10. The minimum Gasteiger partial charge on any atom is -0.491 e. The van der Waals surface area contributed by atoms with Gasteiger partial charge in [0.2, 0.25) is 0 Å². The van der Waals surface area contributed by atoms with E-state index in [0.29, 0.717) is 24.0 Å². The Balaban J connectivity index is 1.33. The van der Waals surface area contributed by atoms with Crippen molar-refractivity contribution in [3.8, 4) is 11.8 Å². The Hall–Kier alpha value is -1.65. The molecule has 0 spiro atoms. The average molecular weight is 345 g/mol. The van der Waals surface area contributed by atoms with Gasteiger partial charge in [0.1, 0.15) is 18.5 Å². The lowest BCUT2D eigenvalue weighted by molar-refractivity contribution is 0.0263. The Kier molecular flexibility index (Phi) is 6.65. The van der Waals surface area contributed by atoms with Crippen LogP contribution in [0.25, 0.3) is 0 Å². The number of β-amino-alcohol motifs (C(OH)–C–C–N with tert-alkyl or cyclic N) is 1. The molecular weight excluding hydrogens is 318 g/mol. The van der Waals surface area contributed by atoms with Crippen molar-refractivity contribution in [3.05, 3.63) is 29.8 Å². The molecule has 1 N–H and O–H groups in total. The summed E-state index contributed by atoms with van der Waals surface area (Å²) in [5, 5.41) is 19.0. The number of hydrogen-bond acceptors (Lipinski definition) is 6. The molecule has 1 aromatic rings. The SMILES string of the molecule is N#Cc1ccc(OCC(O)CN2CCN(CC3CCCO3)CC2)cc1. The van der Waals surface area contributed by atoms with E-state index in [4.69, 9.17) is 14.7 Å². The number of ether oxygens (including phenoxy) is 2. The second-order valence-electron chi connectivity index (χ2n) is 6.84. The van der Waals surface area contributed by atoms with Crippen LogP contribution in [-0.2, 0) is 4.74 Å². The van der Waals surface area contributed by atoms with Crippen LogP contribution in [0.3, 0.4) is 0 Å². The lowest BCUT2D eigenvalue weighted by atomic mass is 10.2. The van der Waals surface area contributed by atoms with Gasteiger partial charge < -0.3 is 14.6 Å². The van der Waals surface area contributed by atoms with Gasteiger partial charge in [-0.25, -0.2) is 0 Å². The van der Waals surface area contributed by atoms with Crippen LogP contribution < -0.4 is 4.74 Å². The Morgan fingerprint density at radius 2 is 1.92 bits per heavy atom. The second-order valence-corrected chi connectivity index (χ2v) is 6.84. The van der Waals surface area contributed by atoms with Gasteiger partial charge in [-0.05, 0) is 37.1 Å². The summed E-state index contributed by atoms with van der Waals surface area (Å²) in [6, 6.07) is 9.03. The molecule has 0 saturated carbocycles. The van der Waals surface area contributed by atoms with Crippen LogP contribution >= 0.6 is 0 Å². The van der Waals surface area contributed by atoms with Gasteiger partial charge in [0.15, 0.2) is 0 Å². The molecule has 6 nitrogen and oxygen atoms in total. The summed E-state index contributed by atoms with van der Waals surface area (Å²) in [5.74, 6) is 0.680. The zero-order valence-electron chi connectivity index (χ0n) is 14.6. The highest BCUT2D eigenvalue weighted by molar-refractivity contribution is 5.34. The molecule has 2 aliphatic rings. The van der Waals surface area contributed by atoms with Crippen LogP contribution in [0, 0.1) is 11.3 Å². The Morgan fingerprint density at radius 1 is 1.20 bits per heavy atom. The summed E-state index contributed by atoms with van der Waals surface area (Å²) < 4.78 is 11.3. The molecule has 0 bridgehead atoms. The molecule has 3 rings (SSSR count). The number of aliphatic hydroxyl groups is 1. The van der Waals surface area contributed by atoms with Crippen molar-refractivity contribution >= 4 is 0 Å². The molecule has 0 aliphatic carbocycles. The molecule has 1 aromatic carbocycles. The van der Waals surface area contributed by atoms with E-state index in [1.54, 1.807) is 24.3 Å². The molecule has 2 heterocycles. The molecule has 2 unspecified atom stereocenters. The Morgan fingerprint density at radius 3 is 2.56 bits per heavy atom. The van der Waals surface area contributed by atoms with Gasteiger partial charge in [-0.15, -0.1) is 0 Å². The first-order valence-corrected chi connectivity index (χ1v) is 9.10. The van der Waals surface area contributed by atoms with Crippen LogP contribution in [0.15, 0.2) is 24.3 Å². The van der Waals surface area contributed by atoms with Crippen molar-refractivity contribution in [2.24, 2.45) is 0 Å². The molecule has 2 saturated heterocycles. The van der Waals surface area contributed by atoms with E-state index in [-0.39, 0.29) is 6.61 Å². The topological polar surface area (TPSA) is 69.0 Å². The lowest BCUT2D eigenvalue weighted by Crippen LogP contribution is -2.50. The highest BCUT2D eigenvalue weighted by Crippen LogP contribution is 2.15. The number of piperazine rings is 1. The molecular formula is C19H27N3O3. The van der Waals surface area contributed by atoms with Gasteiger partial charge >= 0.3 is 0 Å². The smallest absolute Gasteiger partial charge is 0.119 e. The average Bonchev–Trinajstić information content (AvgIpc) is 3.15. The van der Waals surface area contributed by atoms with Crippen LogP contribution in [0.2, 0.25) is 0 Å². The number of hydrogen-bond donors (Lipinski definition) is 1. The van der Waals surface area contributed by atoms with E-state index in [1.807, 2.05) is 0 Å². The molecule has 2 aliphatic heterocycles. The molecule has 0 amide bonds. The number of nitriles is 1. The van der Waals surface area contributed by atoms with E-state index in [2.05, 4.69) is 15.9 Å². The number of nitrogens with zero attached hydrogens (tertiary/aromatic N) is 3. The third-order valence-electron chi connectivity index (χ3n) is 4.85. The second kappa shape index (κ2) is 9.16. The lowest BCUT2D eigenvalue weighted by Gasteiger charge is -2.36. The fraction of sp³-hybridized carbons (Fsp3) is 0.632. The molecule has 2 fully saturated rings. The van der Waals surface area contributed by atoms with Gasteiger partial charge in [-0.1, -0.05) is 0 Å². The molecule has 25 heavy (non-hydrogen) atoms. The van der Waals surface area contributed by atoms with E-state index in [9.17, 15) is 5.11 Å². The summed E-state index contributed by atoms with van der Waals surface area (Å²) in [6.07, 6.45) is 2.28. The van der Waals surface area contributed by atoms with E-state index in [1.165, 1.54) is 12.8 Å². The van der Waals surface area contributed by atoms with Crippen molar-refractivity contribution in [3.63, 3.8) is 0 Å². The first kappa shape index (κ1) is 18.2. The maximum absolute atomic E-state index is 10.2. The van der Waals surface area contributed by atoms with Crippen molar-refractivity contribution < 1.29 is 14.6 Å². The highest BCUT2D eigenvalue weighted by atomic mass is 16.5. The van der Waals surface area contributed by atoms with E-state index in [0.717, 1.165) is 39.3 Å². The maximum Gasteiger partial charge on any atom is 0.119 e. The molecule has 136 valence electrons. The van der Waals surface area contributed by atoms with E-state index >= 15 is 0 Å². The third kappa shape index (κ3) is 5.68. The van der Waals surface area contributed by atoms with Crippen molar-refractivity contribution in [2.45, 2.75) is 25.0 Å².